The van der Waals surface area contributed by atoms with Crippen LogP contribution in [0.25, 0.3) is 22.0 Å². The number of fused-ring (bicyclic) bond motifs is 2. The second-order valence-corrected chi connectivity index (χ2v) is 8.69. The zero-order chi connectivity index (χ0) is 21.0. The van der Waals surface area contributed by atoms with Crippen LogP contribution in [-0.4, -0.2) is 42.7 Å². The van der Waals surface area contributed by atoms with Crippen LogP contribution in [0.3, 0.4) is 0 Å². The SMILES string of the molecule is Cc1ccc2c(c1-c1c(Cl)cc3c(N4CCNCC4C(F)F)snc3c1F)C=NC2. The van der Waals surface area contributed by atoms with Gasteiger partial charge in [-0.05, 0) is 41.2 Å². The van der Waals surface area contributed by atoms with Crippen LogP contribution in [-0.2, 0) is 6.54 Å². The van der Waals surface area contributed by atoms with Crippen molar-refractivity contribution >= 4 is 45.3 Å². The Balaban J connectivity index is 1.69. The lowest BCUT2D eigenvalue weighted by Gasteiger charge is -2.36. The Bertz CT molecular complexity index is 1180. The van der Waals surface area contributed by atoms with Crippen LogP contribution in [0.1, 0.15) is 16.7 Å². The van der Waals surface area contributed by atoms with Crippen LogP contribution in [0.2, 0.25) is 5.02 Å². The van der Waals surface area contributed by atoms with E-state index in [1.807, 2.05) is 19.1 Å². The molecule has 0 amide bonds. The highest BCUT2D eigenvalue weighted by Crippen LogP contribution is 2.44. The van der Waals surface area contributed by atoms with Crippen LogP contribution in [0, 0.1) is 12.7 Å². The Morgan fingerprint density at radius 3 is 2.93 bits per heavy atom. The number of benzene rings is 2. The Labute approximate surface area is 180 Å². The number of hydrogen-bond acceptors (Lipinski definition) is 5. The first-order valence-corrected chi connectivity index (χ1v) is 10.8. The third-order valence-corrected chi connectivity index (χ3v) is 6.96. The summed E-state index contributed by atoms with van der Waals surface area (Å²) in [6.07, 6.45) is -0.777. The molecule has 1 N–H and O–H groups in total. The molecular formula is C21H18ClF3N4S. The molecule has 5 rings (SSSR count). The maximum atomic E-state index is 15.7. The molecule has 0 saturated carbocycles. The average molecular weight is 451 g/mol. The van der Waals surface area contributed by atoms with E-state index in [9.17, 15) is 8.78 Å². The Kier molecular flexibility index (Phi) is 4.95. The Morgan fingerprint density at radius 2 is 2.13 bits per heavy atom. The summed E-state index contributed by atoms with van der Waals surface area (Å²) in [6, 6.07) is 4.59. The number of anilines is 1. The summed E-state index contributed by atoms with van der Waals surface area (Å²) in [6.45, 7) is 3.60. The first kappa shape index (κ1) is 19.8. The molecule has 1 unspecified atom stereocenters. The predicted octanol–water partition coefficient (Wildman–Crippen LogP) is 5.04. The number of aryl methyl sites for hydroxylation is 1. The third kappa shape index (κ3) is 3.01. The van der Waals surface area contributed by atoms with Gasteiger partial charge >= 0.3 is 0 Å². The number of aromatic nitrogens is 1. The van der Waals surface area contributed by atoms with E-state index in [1.165, 1.54) is 0 Å². The van der Waals surface area contributed by atoms with Crippen LogP contribution in [0.15, 0.2) is 23.2 Å². The highest BCUT2D eigenvalue weighted by Gasteiger charge is 2.33. The van der Waals surface area contributed by atoms with Crippen molar-refractivity contribution in [2.24, 2.45) is 4.99 Å². The Morgan fingerprint density at radius 1 is 1.30 bits per heavy atom. The topological polar surface area (TPSA) is 40.5 Å². The van der Waals surface area contributed by atoms with Crippen molar-refractivity contribution < 1.29 is 13.2 Å². The van der Waals surface area contributed by atoms with E-state index in [0.717, 1.165) is 28.2 Å². The maximum Gasteiger partial charge on any atom is 0.259 e. The standard InChI is InChI=1S/C21H18ClF3N4S/c1-10-2-3-11-7-27-8-13(11)16(10)17-14(22)6-12-19(18(17)23)28-30-21(12)29-5-4-26-9-15(29)20(24)25/h2-3,6,8,15,20,26H,4-5,7,9H2,1H3. The molecule has 0 radical (unpaired) electrons. The molecule has 1 atom stereocenters. The minimum atomic E-state index is -2.52. The van der Waals surface area contributed by atoms with Crippen molar-refractivity contribution in [1.82, 2.24) is 9.69 Å². The lowest BCUT2D eigenvalue weighted by molar-refractivity contribution is 0.106. The van der Waals surface area contributed by atoms with Crippen molar-refractivity contribution in [1.29, 1.82) is 0 Å². The summed E-state index contributed by atoms with van der Waals surface area (Å²) < 4.78 is 47.2. The van der Waals surface area contributed by atoms with Crippen LogP contribution in [0.4, 0.5) is 18.2 Å². The van der Waals surface area contributed by atoms with E-state index in [0.29, 0.717) is 35.6 Å². The summed E-state index contributed by atoms with van der Waals surface area (Å²) in [5.41, 5.74) is 3.93. The molecule has 0 aliphatic carbocycles. The summed E-state index contributed by atoms with van der Waals surface area (Å²) in [4.78, 5) is 5.92. The minimum absolute atomic E-state index is 0.160. The fraction of sp³-hybridized carbons (Fsp3) is 0.333. The number of nitrogens with one attached hydrogen (secondary N) is 1. The van der Waals surface area contributed by atoms with Gasteiger partial charge in [0.1, 0.15) is 16.6 Å². The van der Waals surface area contributed by atoms with Crippen LogP contribution in [0.5, 0.6) is 0 Å². The molecule has 4 nitrogen and oxygen atoms in total. The van der Waals surface area contributed by atoms with Gasteiger partial charge in [0.25, 0.3) is 6.43 Å². The summed E-state index contributed by atoms with van der Waals surface area (Å²) >= 11 is 7.63. The fourth-order valence-electron chi connectivity index (χ4n) is 4.26. The number of hydrogen-bond donors (Lipinski definition) is 1. The second-order valence-electron chi connectivity index (χ2n) is 7.53. The molecule has 30 heavy (non-hydrogen) atoms. The van der Waals surface area contributed by atoms with Crippen LogP contribution < -0.4 is 10.2 Å². The van der Waals surface area contributed by atoms with Gasteiger partial charge in [0.05, 0.1) is 11.6 Å². The number of halogens is 4. The van der Waals surface area contributed by atoms with Crippen molar-refractivity contribution in [3.63, 3.8) is 0 Å². The molecule has 1 saturated heterocycles. The van der Waals surface area contributed by atoms with Crippen molar-refractivity contribution in [3.05, 3.63) is 45.7 Å². The molecule has 156 valence electrons. The normalized spacial score (nSPS) is 18.6. The van der Waals surface area contributed by atoms with E-state index >= 15 is 4.39 Å². The van der Waals surface area contributed by atoms with Gasteiger partial charge in [-0.2, -0.15) is 4.37 Å². The quantitative estimate of drug-likeness (QED) is 0.607. The fourth-order valence-corrected chi connectivity index (χ4v) is 5.49. The van der Waals surface area contributed by atoms with E-state index in [-0.39, 0.29) is 22.6 Å². The molecule has 2 aromatic carbocycles. The summed E-state index contributed by atoms with van der Waals surface area (Å²) in [5.74, 6) is -0.527. The van der Waals surface area contributed by atoms with Gasteiger partial charge < -0.3 is 10.2 Å². The number of piperazine rings is 1. The Hall–Kier alpha value is -2.16. The summed E-state index contributed by atoms with van der Waals surface area (Å²) in [7, 11) is 0. The number of nitrogens with zero attached hydrogens (tertiary/aromatic N) is 3. The number of alkyl halides is 2. The largest absolute Gasteiger partial charge is 0.350 e. The van der Waals surface area contributed by atoms with E-state index < -0.39 is 18.3 Å². The highest BCUT2D eigenvalue weighted by atomic mass is 35.5. The van der Waals surface area contributed by atoms with Gasteiger partial charge in [-0.15, -0.1) is 0 Å². The van der Waals surface area contributed by atoms with Crippen LogP contribution >= 0.6 is 23.1 Å². The lowest BCUT2D eigenvalue weighted by atomic mass is 9.91. The average Bonchev–Trinajstić information content (AvgIpc) is 3.36. The van der Waals surface area contributed by atoms with Crippen molar-refractivity contribution in [2.75, 3.05) is 24.5 Å². The van der Waals surface area contributed by atoms with Gasteiger partial charge in [-0.1, -0.05) is 23.7 Å². The van der Waals surface area contributed by atoms with Gasteiger partial charge in [0.2, 0.25) is 0 Å². The molecule has 9 heteroatoms. The molecule has 1 fully saturated rings. The molecule has 3 aromatic rings. The van der Waals surface area contributed by atoms with Gasteiger partial charge in [0, 0.05) is 42.4 Å². The first-order valence-electron chi connectivity index (χ1n) is 9.63. The van der Waals surface area contributed by atoms with E-state index in [4.69, 9.17) is 11.6 Å². The summed E-state index contributed by atoms with van der Waals surface area (Å²) in [5, 5.41) is 4.23. The maximum absolute atomic E-state index is 15.7. The zero-order valence-corrected chi connectivity index (χ0v) is 17.6. The van der Waals surface area contributed by atoms with Crippen molar-refractivity contribution in [2.45, 2.75) is 25.9 Å². The predicted molar refractivity (Wildman–Crippen MR) is 116 cm³/mol. The molecule has 0 spiro atoms. The number of rotatable bonds is 3. The zero-order valence-electron chi connectivity index (χ0n) is 16.1. The van der Waals surface area contributed by atoms with Crippen molar-refractivity contribution in [3.8, 4) is 11.1 Å². The van der Waals surface area contributed by atoms with Gasteiger partial charge in [0.15, 0.2) is 5.82 Å². The molecule has 3 heterocycles. The lowest BCUT2D eigenvalue weighted by Crippen LogP contribution is -2.54. The molecule has 1 aromatic heterocycles. The molecule has 0 bridgehead atoms. The second kappa shape index (κ2) is 7.51. The first-order chi connectivity index (χ1) is 14.5. The minimum Gasteiger partial charge on any atom is -0.350 e. The number of aliphatic imine (C=N–C) groups is 1. The third-order valence-electron chi connectivity index (χ3n) is 5.76. The van der Waals surface area contributed by atoms with Gasteiger partial charge in [-0.3, -0.25) is 4.99 Å². The smallest absolute Gasteiger partial charge is 0.259 e. The molecule has 2 aliphatic rings. The molecular weight excluding hydrogens is 433 g/mol. The highest BCUT2D eigenvalue weighted by molar-refractivity contribution is 7.11. The van der Waals surface area contributed by atoms with E-state index in [1.54, 1.807) is 17.2 Å². The monoisotopic (exact) mass is 450 g/mol. The van der Waals surface area contributed by atoms with Gasteiger partial charge in [-0.25, -0.2) is 13.2 Å². The van der Waals surface area contributed by atoms with E-state index in [2.05, 4.69) is 14.7 Å². The molecule has 2 aliphatic heterocycles.